The first kappa shape index (κ1) is 33.9. The maximum atomic E-state index is 13.4. The highest BCUT2D eigenvalue weighted by atomic mass is 33.1. The topological polar surface area (TPSA) is 133 Å². The zero-order valence-electron chi connectivity index (χ0n) is 25.2. The van der Waals surface area contributed by atoms with Crippen LogP contribution in [0.5, 0.6) is 0 Å². The highest BCUT2D eigenvalue weighted by Crippen LogP contribution is 2.41. The van der Waals surface area contributed by atoms with Crippen molar-refractivity contribution in [3.8, 4) is 0 Å². The van der Waals surface area contributed by atoms with Crippen molar-refractivity contribution in [2.75, 3.05) is 0 Å². The summed E-state index contributed by atoms with van der Waals surface area (Å²) in [5.74, 6) is -1.61. The molecular weight excluding hydrogens is 597 g/mol. The van der Waals surface area contributed by atoms with Crippen LogP contribution < -0.4 is 10.6 Å². The van der Waals surface area contributed by atoms with Crippen LogP contribution in [0, 0.1) is 11.8 Å². The lowest BCUT2D eigenvalue weighted by molar-refractivity contribution is -0.138. The molecule has 0 spiro atoms. The highest BCUT2D eigenvalue weighted by Gasteiger charge is 2.26. The fraction of sp³-hybridized carbons (Fsp3) is 0.529. The SMILES string of the molecule is O=C(O)C[C@H](CC1CCCCC1)NC(=O)c1ccccc1SSc1ccccc1C(=O)N[C@H](CC(=O)O)CC1CCCCC1. The molecule has 0 unspecified atom stereocenters. The van der Waals surface area contributed by atoms with Crippen LogP contribution >= 0.6 is 21.6 Å². The van der Waals surface area contributed by atoms with Crippen molar-refractivity contribution < 1.29 is 29.4 Å². The maximum Gasteiger partial charge on any atom is 0.305 e. The number of carboxylic acids is 2. The van der Waals surface area contributed by atoms with Gasteiger partial charge in [-0.3, -0.25) is 19.2 Å². The van der Waals surface area contributed by atoms with Crippen molar-refractivity contribution in [1.29, 1.82) is 0 Å². The maximum absolute atomic E-state index is 13.4. The summed E-state index contributed by atoms with van der Waals surface area (Å²) in [5.41, 5.74) is 0.917. The largest absolute Gasteiger partial charge is 0.481 e. The van der Waals surface area contributed by atoms with Crippen molar-refractivity contribution in [2.45, 2.75) is 112 Å². The molecule has 2 aliphatic rings. The number of rotatable bonds is 15. The average molecular weight is 641 g/mol. The number of carbonyl (C=O) groups excluding carboxylic acids is 2. The van der Waals surface area contributed by atoms with Crippen LogP contribution in [0.1, 0.15) is 111 Å². The predicted octanol–water partition coefficient (Wildman–Crippen LogP) is 7.57. The first-order valence-corrected chi connectivity index (χ1v) is 18.0. The van der Waals surface area contributed by atoms with E-state index in [1.807, 2.05) is 24.3 Å². The van der Waals surface area contributed by atoms with E-state index in [-0.39, 0.29) is 24.7 Å². The molecule has 238 valence electrons. The third kappa shape index (κ3) is 10.9. The van der Waals surface area contributed by atoms with E-state index in [2.05, 4.69) is 10.6 Å². The lowest BCUT2D eigenvalue weighted by Crippen LogP contribution is -2.38. The molecule has 4 rings (SSSR count). The van der Waals surface area contributed by atoms with E-state index in [9.17, 15) is 29.4 Å². The minimum atomic E-state index is -0.927. The van der Waals surface area contributed by atoms with Crippen molar-refractivity contribution >= 4 is 45.3 Å². The fourth-order valence-electron chi connectivity index (χ4n) is 6.53. The molecule has 0 aromatic heterocycles. The van der Waals surface area contributed by atoms with E-state index in [0.717, 1.165) is 51.4 Å². The van der Waals surface area contributed by atoms with E-state index < -0.39 is 24.0 Å². The Kier molecular flexibility index (Phi) is 13.5. The van der Waals surface area contributed by atoms with Gasteiger partial charge in [0.25, 0.3) is 11.8 Å². The summed E-state index contributed by atoms with van der Waals surface area (Å²) in [7, 11) is 2.72. The van der Waals surface area contributed by atoms with Gasteiger partial charge in [0, 0.05) is 21.9 Å². The molecule has 0 aliphatic heterocycles. The molecular formula is C34H44N2O6S2. The Hall–Kier alpha value is -2.98. The zero-order chi connectivity index (χ0) is 31.3. The molecule has 2 aromatic rings. The Bertz CT molecular complexity index is 1180. The summed E-state index contributed by atoms with van der Waals surface area (Å²) in [6.07, 6.45) is 12.4. The number of amides is 2. The lowest BCUT2D eigenvalue weighted by atomic mass is 9.84. The third-order valence-corrected chi connectivity index (χ3v) is 11.2. The first-order chi connectivity index (χ1) is 21.3. The molecule has 4 N–H and O–H groups in total. The monoisotopic (exact) mass is 640 g/mol. The Morgan fingerprint density at radius 2 is 0.977 bits per heavy atom. The van der Waals surface area contributed by atoms with Crippen LogP contribution in [0.3, 0.4) is 0 Å². The summed E-state index contributed by atoms with van der Waals surface area (Å²) in [5, 5.41) is 25.0. The third-order valence-electron chi connectivity index (χ3n) is 8.68. The molecule has 10 heteroatoms. The summed E-state index contributed by atoms with van der Waals surface area (Å²) in [6, 6.07) is 13.5. The smallest absolute Gasteiger partial charge is 0.305 e. The van der Waals surface area contributed by atoms with Gasteiger partial charge in [0.15, 0.2) is 0 Å². The normalized spacial score (nSPS) is 17.4. The molecule has 0 bridgehead atoms. The van der Waals surface area contributed by atoms with E-state index in [1.54, 1.807) is 24.3 Å². The molecule has 2 aromatic carbocycles. The Balaban J connectivity index is 1.42. The van der Waals surface area contributed by atoms with Gasteiger partial charge in [-0.2, -0.15) is 0 Å². The molecule has 0 heterocycles. The van der Waals surface area contributed by atoms with E-state index in [1.165, 1.54) is 34.4 Å². The number of nitrogens with one attached hydrogen (secondary N) is 2. The number of carboxylic acid groups (broad SMARTS) is 2. The van der Waals surface area contributed by atoms with Gasteiger partial charge in [-0.05, 0) is 48.9 Å². The lowest BCUT2D eigenvalue weighted by Gasteiger charge is -2.26. The minimum Gasteiger partial charge on any atom is -0.481 e. The Morgan fingerprint density at radius 3 is 1.34 bits per heavy atom. The molecule has 2 fully saturated rings. The molecule has 8 nitrogen and oxygen atoms in total. The minimum absolute atomic E-state index is 0.113. The van der Waals surface area contributed by atoms with Crippen molar-refractivity contribution in [1.82, 2.24) is 10.6 Å². The van der Waals surface area contributed by atoms with Gasteiger partial charge < -0.3 is 20.8 Å². The fourth-order valence-corrected chi connectivity index (χ4v) is 8.89. The van der Waals surface area contributed by atoms with Crippen LogP contribution in [0.25, 0.3) is 0 Å². The predicted molar refractivity (Wildman–Crippen MR) is 174 cm³/mol. The number of hydrogen-bond acceptors (Lipinski definition) is 6. The van der Waals surface area contributed by atoms with Gasteiger partial charge in [-0.15, -0.1) is 0 Å². The number of aliphatic carboxylic acids is 2. The van der Waals surface area contributed by atoms with Crippen molar-refractivity contribution in [3.63, 3.8) is 0 Å². The zero-order valence-corrected chi connectivity index (χ0v) is 26.8. The molecule has 2 amide bonds. The van der Waals surface area contributed by atoms with Crippen LogP contribution in [-0.4, -0.2) is 46.0 Å². The van der Waals surface area contributed by atoms with Crippen LogP contribution in [0.2, 0.25) is 0 Å². The molecule has 0 radical (unpaired) electrons. The summed E-state index contributed by atoms with van der Waals surface area (Å²) >= 11 is 0. The van der Waals surface area contributed by atoms with Crippen LogP contribution in [0.15, 0.2) is 58.3 Å². The Labute approximate surface area is 267 Å². The second-order valence-electron chi connectivity index (χ2n) is 12.2. The van der Waals surface area contributed by atoms with E-state index in [4.69, 9.17) is 0 Å². The summed E-state index contributed by atoms with van der Waals surface area (Å²) in [6.45, 7) is 0. The van der Waals surface area contributed by atoms with Crippen molar-refractivity contribution in [3.05, 3.63) is 59.7 Å². The number of benzene rings is 2. The molecule has 44 heavy (non-hydrogen) atoms. The highest BCUT2D eigenvalue weighted by molar-refractivity contribution is 8.76. The second-order valence-corrected chi connectivity index (χ2v) is 14.4. The molecule has 2 aliphatic carbocycles. The van der Waals surface area contributed by atoms with Gasteiger partial charge in [0.1, 0.15) is 0 Å². The van der Waals surface area contributed by atoms with Gasteiger partial charge in [-0.1, -0.05) is 110 Å². The number of hydrogen-bond donors (Lipinski definition) is 4. The molecule has 0 saturated heterocycles. The van der Waals surface area contributed by atoms with Crippen molar-refractivity contribution in [2.24, 2.45) is 11.8 Å². The first-order valence-electron chi connectivity index (χ1n) is 15.9. The standard InChI is InChI=1S/C34H44N2O6S2/c37-31(38)21-25(19-23-11-3-1-4-12-23)35-33(41)27-15-7-9-17-29(27)43-44-30-18-10-8-16-28(30)34(42)36-26(22-32(39)40)20-24-13-5-2-6-14-24/h7-10,15-18,23-26H,1-6,11-14,19-22H2,(H,35,41)(H,36,42)(H,37,38)(H,39,40)/t25-,26-/m0/s1. The van der Waals surface area contributed by atoms with Gasteiger partial charge in [0.05, 0.1) is 24.0 Å². The molecule has 2 saturated carbocycles. The van der Waals surface area contributed by atoms with E-state index in [0.29, 0.717) is 45.6 Å². The summed E-state index contributed by atoms with van der Waals surface area (Å²) < 4.78 is 0. The average Bonchev–Trinajstić information content (AvgIpc) is 3.00. The van der Waals surface area contributed by atoms with Gasteiger partial charge in [0.2, 0.25) is 0 Å². The Morgan fingerprint density at radius 1 is 0.614 bits per heavy atom. The van der Waals surface area contributed by atoms with Gasteiger partial charge >= 0.3 is 11.9 Å². The van der Waals surface area contributed by atoms with Crippen LogP contribution in [0.4, 0.5) is 0 Å². The van der Waals surface area contributed by atoms with Crippen LogP contribution in [-0.2, 0) is 9.59 Å². The number of carbonyl (C=O) groups is 4. The second kappa shape index (κ2) is 17.5. The quantitative estimate of drug-likeness (QED) is 0.147. The van der Waals surface area contributed by atoms with Gasteiger partial charge in [-0.25, -0.2) is 0 Å². The van der Waals surface area contributed by atoms with E-state index >= 15 is 0 Å². The molecule has 2 atom stereocenters. The summed E-state index contributed by atoms with van der Waals surface area (Å²) in [4.78, 5) is 51.4.